The highest BCUT2D eigenvalue weighted by atomic mass is 16.4. The molecule has 0 heterocycles. The molecule has 3 N–H and O–H groups in total. The fraction of sp³-hybridized carbons (Fsp3) is 0. The maximum absolute atomic E-state index is 11.5. The normalized spacial score (nSPS) is 11.3. The first-order chi connectivity index (χ1) is 23.7. The first-order valence-electron chi connectivity index (χ1n) is 15.6. The van der Waals surface area contributed by atoms with Gasteiger partial charge in [-0.1, -0.05) is 84.9 Å². The fourth-order valence-electron chi connectivity index (χ4n) is 6.79. The molecule has 6 nitrogen and oxygen atoms in total. The molecule has 0 saturated heterocycles. The van der Waals surface area contributed by atoms with Crippen molar-refractivity contribution in [2.45, 2.75) is 0 Å². The van der Waals surface area contributed by atoms with Crippen molar-refractivity contribution >= 4 is 61.0 Å². The Kier molecular flexibility index (Phi) is 6.93. The minimum atomic E-state index is -0.973. The molecule has 8 aromatic carbocycles. The van der Waals surface area contributed by atoms with Gasteiger partial charge in [0.1, 0.15) is 0 Å². The van der Waals surface area contributed by atoms with E-state index >= 15 is 0 Å². The van der Waals surface area contributed by atoms with Gasteiger partial charge in [0.2, 0.25) is 0 Å². The second kappa shape index (κ2) is 11.5. The minimum absolute atomic E-state index is 0.225. The van der Waals surface area contributed by atoms with Gasteiger partial charge in [-0.2, -0.15) is 0 Å². The Bertz CT molecular complexity index is 2650. The predicted octanol–water partition coefficient (Wildman–Crippen LogP) is 10.4. The molecule has 0 atom stereocenters. The lowest BCUT2D eigenvalue weighted by molar-refractivity contribution is 0.0686. The van der Waals surface area contributed by atoms with Gasteiger partial charge in [0, 0.05) is 0 Å². The van der Waals surface area contributed by atoms with Gasteiger partial charge in [0.15, 0.2) is 0 Å². The Hall–Kier alpha value is -6.79. The van der Waals surface area contributed by atoms with Gasteiger partial charge in [0.05, 0.1) is 16.7 Å². The van der Waals surface area contributed by atoms with Gasteiger partial charge in [-0.05, 0) is 131 Å². The number of benzene rings is 8. The molecule has 0 bridgehead atoms. The molecule has 0 spiro atoms. The summed E-state index contributed by atoms with van der Waals surface area (Å²) in [6.45, 7) is 0. The predicted molar refractivity (Wildman–Crippen MR) is 194 cm³/mol. The van der Waals surface area contributed by atoms with E-state index in [0.29, 0.717) is 0 Å². The summed E-state index contributed by atoms with van der Waals surface area (Å²) in [6.07, 6.45) is 0. The lowest BCUT2D eigenvalue weighted by Crippen LogP contribution is -1.95. The molecular formula is C43H26O6. The van der Waals surface area contributed by atoms with Crippen molar-refractivity contribution in [1.82, 2.24) is 0 Å². The second-order valence-electron chi connectivity index (χ2n) is 12.1. The Morgan fingerprint density at radius 2 is 0.633 bits per heavy atom. The molecule has 0 radical (unpaired) electrons. The van der Waals surface area contributed by atoms with E-state index in [1.54, 1.807) is 36.4 Å². The topological polar surface area (TPSA) is 112 Å². The molecule has 0 aliphatic rings. The maximum Gasteiger partial charge on any atom is 0.335 e. The van der Waals surface area contributed by atoms with Gasteiger partial charge in [0.25, 0.3) is 0 Å². The number of carbonyl (C=O) groups is 3. The van der Waals surface area contributed by atoms with Crippen molar-refractivity contribution < 1.29 is 29.7 Å². The lowest BCUT2D eigenvalue weighted by Gasteiger charge is -2.16. The van der Waals surface area contributed by atoms with E-state index in [1.807, 2.05) is 36.4 Å². The third kappa shape index (κ3) is 5.12. The van der Waals surface area contributed by atoms with Crippen LogP contribution in [0.25, 0.3) is 76.5 Å². The van der Waals surface area contributed by atoms with E-state index in [1.165, 1.54) is 0 Å². The summed E-state index contributed by atoms with van der Waals surface area (Å²) >= 11 is 0. The minimum Gasteiger partial charge on any atom is -0.478 e. The van der Waals surface area contributed by atoms with E-state index in [-0.39, 0.29) is 16.7 Å². The average Bonchev–Trinajstić information content (AvgIpc) is 3.14. The highest BCUT2D eigenvalue weighted by Gasteiger charge is 2.15. The zero-order chi connectivity index (χ0) is 33.8. The Labute approximate surface area is 279 Å². The molecule has 0 aliphatic carbocycles. The number of fused-ring (bicyclic) bond motifs is 8. The van der Waals surface area contributed by atoms with Gasteiger partial charge >= 0.3 is 17.9 Å². The van der Waals surface area contributed by atoms with E-state index in [4.69, 9.17) is 0 Å². The smallest absolute Gasteiger partial charge is 0.335 e. The van der Waals surface area contributed by atoms with Crippen LogP contribution in [0.5, 0.6) is 0 Å². The summed E-state index contributed by atoms with van der Waals surface area (Å²) in [5.41, 5.74) is 6.33. The number of aromatic carboxylic acids is 3. The lowest BCUT2D eigenvalue weighted by atomic mass is 9.87. The molecular weight excluding hydrogens is 612 g/mol. The number of hydrogen-bond acceptors (Lipinski definition) is 3. The Morgan fingerprint density at radius 1 is 0.306 bits per heavy atom. The fourth-order valence-corrected chi connectivity index (χ4v) is 6.79. The van der Waals surface area contributed by atoms with E-state index in [9.17, 15) is 29.7 Å². The molecule has 8 aromatic rings. The van der Waals surface area contributed by atoms with Crippen LogP contribution in [0.1, 0.15) is 31.1 Å². The zero-order valence-corrected chi connectivity index (χ0v) is 25.8. The quantitative estimate of drug-likeness (QED) is 0.156. The van der Waals surface area contributed by atoms with Gasteiger partial charge < -0.3 is 15.3 Å². The van der Waals surface area contributed by atoms with Crippen LogP contribution in [0.2, 0.25) is 0 Å². The summed E-state index contributed by atoms with van der Waals surface area (Å²) in [5.74, 6) is -2.90. The number of carboxylic acids is 3. The third-order valence-corrected chi connectivity index (χ3v) is 9.30. The van der Waals surface area contributed by atoms with Crippen molar-refractivity contribution in [2.75, 3.05) is 0 Å². The maximum atomic E-state index is 11.5. The van der Waals surface area contributed by atoms with E-state index in [0.717, 1.165) is 76.5 Å². The SMILES string of the molecule is O=C(O)c1ccc(-c2ccc3c(ccc4c5ccc(-c6ccc(C(=O)O)cc6)cc5c5cc(-c6ccc(C(=O)O)cc6)ccc5c34)c2)cc1. The highest BCUT2D eigenvalue weighted by Crippen LogP contribution is 2.42. The largest absolute Gasteiger partial charge is 0.478 e. The van der Waals surface area contributed by atoms with Crippen molar-refractivity contribution in [3.8, 4) is 33.4 Å². The number of hydrogen-bond donors (Lipinski definition) is 3. The van der Waals surface area contributed by atoms with Gasteiger partial charge in [-0.3, -0.25) is 0 Å². The molecule has 0 saturated carbocycles. The summed E-state index contributed by atoms with van der Waals surface area (Å²) in [7, 11) is 0. The first-order valence-corrected chi connectivity index (χ1v) is 15.6. The van der Waals surface area contributed by atoms with E-state index in [2.05, 4.69) is 66.7 Å². The van der Waals surface area contributed by atoms with Crippen LogP contribution >= 0.6 is 0 Å². The van der Waals surface area contributed by atoms with Crippen molar-refractivity contribution in [1.29, 1.82) is 0 Å². The monoisotopic (exact) mass is 638 g/mol. The standard InChI is InChI=1S/C43H26O6/c44-41(45)27-7-1-24(2-8-27)30-13-17-34-33(21-30)16-20-36-35-18-14-31(25-3-9-28(10-4-25)42(46)47)22-38(35)39-23-32(15-19-37(39)40(34)36)26-5-11-29(12-6-26)43(48)49/h1-23H,(H,44,45)(H,46,47)(H,48,49). The number of carboxylic acid groups (broad SMARTS) is 3. The summed E-state index contributed by atoms with van der Waals surface area (Å²) in [5, 5.41) is 36.7. The molecule has 0 aromatic heterocycles. The third-order valence-electron chi connectivity index (χ3n) is 9.30. The van der Waals surface area contributed by atoms with Crippen LogP contribution < -0.4 is 0 Å². The molecule has 8 rings (SSSR count). The van der Waals surface area contributed by atoms with Crippen molar-refractivity contribution in [2.24, 2.45) is 0 Å². The summed E-state index contributed by atoms with van der Waals surface area (Å²) < 4.78 is 0. The first kappa shape index (κ1) is 29.6. The molecule has 0 amide bonds. The van der Waals surface area contributed by atoms with Crippen LogP contribution in [0.3, 0.4) is 0 Å². The van der Waals surface area contributed by atoms with Crippen LogP contribution in [0, 0.1) is 0 Å². The summed E-state index contributed by atoms with van der Waals surface area (Å²) in [4.78, 5) is 34.3. The Balaban J connectivity index is 1.37. The summed E-state index contributed by atoms with van der Waals surface area (Å²) in [6, 6.07) is 43.9. The Morgan fingerprint density at radius 3 is 1.08 bits per heavy atom. The van der Waals surface area contributed by atoms with Gasteiger partial charge in [-0.15, -0.1) is 0 Å². The molecule has 234 valence electrons. The zero-order valence-electron chi connectivity index (χ0n) is 25.8. The number of rotatable bonds is 6. The molecule has 6 heteroatoms. The average molecular weight is 639 g/mol. The van der Waals surface area contributed by atoms with Crippen molar-refractivity contribution in [3.63, 3.8) is 0 Å². The van der Waals surface area contributed by atoms with Crippen LogP contribution in [0.15, 0.2) is 140 Å². The van der Waals surface area contributed by atoms with Crippen LogP contribution in [0.4, 0.5) is 0 Å². The van der Waals surface area contributed by atoms with Crippen molar-refractivity contribution in [3.05, 3.63) is 156 Å². The molecule has 49 heavy (non-hydrogen) atoms. The second-order valence-corrected chi connectivity index (χ2v) is 12.1. The van der Waals surface area contributed by atoms with Crippen LogP contribution in [-0.4, -0.2) is 33.2 Å². The molecule has 0 unspecified atom stereocenters. The molecule has 0 fully saturated rings. The van der Waals surface area contributed by atoms with Gasteiger partial charge in [-0.25, -0.2) is 14.4 Å². The van der Waals surface area contributed by atoms with E-state index < -0.39 is 17.9 Å². The highest BCUT2D eigenvalue weighted by molar-refractivity contribution is 6.32. The van der Waals surface area contributed by atoms with Crippen LogP contribution in [-0.2, 0) is 0 Å². The molecule has 0 aliphatic heterocycles.